The van der Waals surface area contributed by atoms with E-state index in [1.54, 1.807) is 24.3 Å². The summed E-state index contributed by atoms with van der Waals surface area (Å²) in [5.74, 6) is 3.91. The molecule has 0 saturated carbocycles. The van der Waals surface area contributed by atoms with Crippen molar-refractivity contribution < 1.29 is 33.3 Å². The lowest BCUT2D eigenvalue weighted by atomic mass is 10.0. The van der Waals surface area contributed by atoms with Gasteiger partial charge in [0.05, 0.1) is 27.4 Å². The number of Topliss-reactive ketones (excluding diaryl/α,β-unsaturated/α-hetero) is 1. The third-order valence-electron chi connectivity index (χ3n) is 5.58. The summed E-state index contributed by atoms with van der Waals surface area (Å²) in [7, 11) is 2.21. The summed E-state index contributed by atoms with van der Waals surface area (Å²) in [5, 5.41) is 13.3. The number of aliphatic hydroxyl groups excluding tert-OH is 1. The number of hydrogen-bond acceptors (Lipinski definition) is 7. The Morgan fingerprint density at radius 2 is 1.84 bits per heavy atom. The molecule has 1 amide bonds. The predicted octanol–water partition coefficient (Wildman–Crippen LogP) is 3.68. The zero-order chi connectivity index (χ0) is 26.5. The van der Waals surface area contributed by atoms with E-state index in [1.165, 1.54) is 38.5 Å². The normalized spacial score (nSPS) is 13.9. The van der Waals surface area contributed by atoms with Crippen LogP contribution in [0.25, 0.3) is 5.57 Å². The largest absolute Gasteiger partial charge is 0.494 e. The number of carbonyl (C=O) groups is 2. The first-order valence-corrected chi connectivity index (χ1v) is 12.7. The number of amides is 1. The number of nitrogens with zero attached hydrogens (tertiary/aromatic N) is 1. The third-order valence-corrected chi connectivity index (χ3v) is 7.04. The molecule has 0 fully saturated rings. The van der Waals surface area contributed by atoms with E-state index in [0.717, 1.165) is 0 Å². The fourth-order valence-corrected chi connectivity index (χ4v) is 5.25. The SMILES string of the molecule is C=S1C=C(c2nc(C(=O)CNC(=O)c3ccc(OCCO)c(OC)c3)ccc2OC)c2cccc(F)c21. The van der Waals surface area contributed by atoms with E-state index in [2.05, 4.69) is 16.2 Å². The quantitative estimate of drug-likeness (QED) is 0.308. The molecule has 0 spiro atoms. The lowest BCUT2D eigenvalue weighted by molar-refractivity contribution is 0.0902. The van der Waals surface area contributed by atoms with E-state index >= 15 is 0 Å². The minimum atomic E-state index is -0.711. The van der Waals surface area contributed by atoms with Gasteiger partial charge in [-0.2, -0.15) is 0 Å². The summed E-state index contributed by atoms with van der Waals surface area (Å²) in [6.07, 6.45) is 0. The number of fused-ring (bicyclic) bond motifs is 1. The van der Waals surface area contributed by atoms with E-state index in [1.807, 2.05) is 5.41 Å². The van der Waals surface area contributed by atoms with Gasteiger partial charge >= 0.3 is 0 Å². The van der Waals surface area contributed by atoms with E-state index in [9.17, 15) is 14.0 Å². The summed E-state index contributed by atoms with van der Waals surface area (Å²) >= 11 is 0. The van der Waals surface area contributed by atoms with Gasteiger partial charge in [0, 0.05) is 21.6 Å². The highest BCUT2D eigenvalue weighted by Gasteiger charge is 2.25. The minimum Gasteiger partial charge on any atom is -0.494 e. The number of rotatable bonds is 10. The van der Waals surface area contributed by atoms with Gasteiger partial charge in [0.25, 0.3) is 5.91 Å². The van der Waals surface area contributed by atoms with Crippen LogP contribution < -0.4 is 19.5 Å². The number of carbonyl (C=O) groups excluding carboxylic acids is 2. The molecule has 2 aromatic carbocycles. The number of halogens is 1. The number of ketones is 1. The Bertz CT molecular complexity index is 1420. The molecule has 1 atom stereocenters. The van der Waals surface area contributed by atoms with Crippen molar-refractivity contribution in [1.29, 1.82) is 0 Å². The van der Waals surface area contributed by atoms with E-state index < -0.39 is 22.2 Å². The van der Waals surface area contributed by atoms with Crippen LogP contribution in [0.3, 0.4) is 0 Å². The zero-order valence-corrected chi connectivity index (χ0v) is 21.1. The third kappa shape index (κ3) is 5.40. The molecule has 192 valence electrons. The van der Waals surface area contributed by atoms with Crippen LogP contribution in [-0.2, 0) is 0 Å². The second kappa shape index (κ2) is 11.4. The molecule has 1 aromatic heterocycles. The minimum absolute atomic E-state index is 0.0839. The lowest BCUT2D eigenvalue weighted by Gasteiger charge is -2.13. The number of benzene rings is 2. The zero-order valence-electron chi connectivity index (χ0n) is 20.2. The lowest BCUT2D eigenvalue weighted by Crippen LogP contribution is -2.30. The number of ether oxygens (including phenoxy) is 3. The Morgan fingerprint density at radius 1 is 1.08 bits per heavy atom. The maximum absolute atomic E-state index is 14.4. The molecule has 2 heterocycles. The molecule has 2 N–H and O–H groups in total. The average molecular weight is 525 g/mol. The van der Waals surface area contributed by atoms with Crippen LogP contribution >= 0.6 is 10.5 Å². The first-order chi connectivity index (χ1) is 17.9. The highest BCUT2D eigenvalue weighted by molar-refractivity contribution is 8.17. The average Bonchev–Trinajstić information content (AvgIpc) is 3.26. The second-order valence-electron chi connectivity index (χ2n) is 7.87. The molecule has 1 aliphatic heterocycles. The maximum atomic E-state index is 14.4. The van der Waals surface area contributed by atoms with Gasteiger partial charge in [-0.05, 0) is 41.8 Å². The van der Waals surface area contributed by atoms with Crippen molar-refractivity contribution in [3.8, 4) is 17.2 Å². The summed E-state index contributed by atoms with van der Waals surface area (Å²) < 4.78 is 30.5. The van der Waals surface area contributed by atoms with E-state index in [-0.39, 0.29) is 36.8 Å². The van der Waals surface area contributed by atoms with E-state index in [0.29, 0.717) is 39.0 Å². The van der Waals surface area contributed by atoms with Gasteiger partial charge < -0.3 is 24.6 Å². The standard InChI is InChI=1S/C27H25FN2O6S/c1-34-23-10-8-20(30-25(23)18-15-37(3)26-17(18)5-4-6-19(26)28)21(32)14-29-27(33)16-7-9-22(36-12-11-31)24(13-16)35-2/h4-10,13,15,31H,3,11-12,14H2,1-2H3,(H,29,33). The summed E-state index contributed by atoms with van der Waals surface area (Å²) in [4.78, 5) is 30.6. The molecular formula is C27H25FN2O6S. The highest BCUT2D eigenvalue weighted by atomic mass is 32.2. The Labute approximate surface area is 215 Å². The van der Waals surface area contributed by atoms with Crippen LogP contribution in [0.4, 0.5) is 4.39 Å². The molecule has 1 unspecified atom stereocenters. The van der Waals surface area contributed by atoms with Crippen LogP contribution in [0, 0.1) is 5.82 Å². The smallest absolute Gasteiger partial charge is 0.251 e. The number of methoxy groups -OCH3 is 2. The van der Waals surface area contributed by atoms with Crippen LogP contribution in [0.15, 0.2) is 58.8 Å². The van der Waals surface area contributed by atoms with Crippen LogP contribution in [0.5, 0.6) is 17.2 Å². The number of aliphatic hydroxyl groups is 1. The fourth-order valence-electron chi connectivity index (χ4n) is 3.83. The predicted molar refractivity (Wildman–Crippen MR) is 139 cm³/mol. The van der Waals surface area contributed by atoms with Crippen molar-refractivity contribution in [2.24, 2.45) is 0 Å². The molecule has 8 nitrogen and oxygen atoms in total. The van der Waals surface area contributed by atoms with Crippen LogP contribution in [0.2, 0.25) is 0 Å². The first kappa shape index (κ1) is 26.1. The molecule has 0 radical (unpaired) electrons. The van der Waals surface area contributed by atoms with Gasteiger partial charge in [-0.3, -0.25) is 9.59 Å². The number of nitrogens with one attached hydrogen (secondary N) is 1. The molecule has 10 heteroatoms. The summed E-state index contributed by atoms with van der Waals surface area (Å²) in [6, 6.07) is 12.5. The van der Waals surface area contributed by atoms with Crippen molar-refractivity contribution in [3.63, 3.8) is 0 Å². The molecule has 4 rings (SSSR count). The molecule has 3 aromatic rings. The molecule has 0 saturated heterocycles. The van der Waals surface area contributed by atoms with Gasteiger partial charge in [-0.1, -0.05) is 18.0 Å². The van der Waals surface area contributed by atoms with Crippen molar-refractivity contribution in [2.45, 2.75) is 4.90 Å². The topological polar surface area (TPSA) is 107 Å². The summed E-state index contributed by atoms with van der Waals surface area (Å²) in [5.41, 5.74) is 2.08. The molecule has 1 aliphatic rings. The van der Waals surface area contributed by atoms with Gasteiger partial charge in [-0.25, -0.2) is 9.37 Å². The monoisotopic (exact) mass is 524 g/mol. The van der Waals surface area contributed by atoms with Gasteiger partial charge in [0.15, 0.2) is 17.3 Å². The van der Waals surface area contributed by atoms with Gasteiger partial charge in [0.1, 0.15) is 29.6 Å². The molecular weight excluding hydrogens is 499 g/mol. The Kier molecular flexibility index (Phi) is 8.00. The number of pyridine rings is 1. The molecule has 0 bridgehead atoms. The van der Waals surface area contributed by atoms with Crippen molar-refractivity contribution in [2.75, 3.05) is 34.0 Å². The van der Waals surface area contributed by atoms with Gasteiger partial charge in [0.2, 0.25) is 0 Å². The number of aromatic nitrogens is 1. The van der Waals surface area contributed by atoms with Crippen molar-refractivity contribution in [3.05, 3.63) is 82.3 Å². The highest BCUT2D eigenvalue weighted by Crippen LogP contribution is 2.47. The van der Waals surface area contributed by atoms with Crippen molar-refractivity contribution in [1.82, 2.24) is 10.3 Å². The fraction of sp³-hybridized carbons (Fsp3) is 0.185. The van der Waals surface area contributed by atoms with Crippen molar-refractivity contribution >= 4 is 33.6 Å². The Morgan fingerprint density at radius 3 is 2.57 bits per heavy atom. The summed E-state index contributed by atoms with van der Waals surface area (Å²) in [6.45, 7) is -0.376. The second-order valence-corrected chi connectivity index (χ2v) is 9.37. The maximum Gasteiger partial charge on any atom is 0.251 e. The van der Waals surface area contributed by atoms with Crippen LogP contribution in [-0.4, -0.2) is 61.6 Å². The van der Waals surface area contributed by atoms with Gasteiger partial charge in [-0.15, -0.1) is 10.5 Å². The Hall–Kier alpha value is -4.02. The Balaban J connectivity index is 1.52. The molecule has 0 aliphatic carbocycles. The van der Waals surface area contributed by atoms with Crippen LogP contribution in [0.1, 0.15) is 32.1 Å². The molecule has 37 heavy (non-hydrogen) atoms. The number of hydrogen-bond donors (Lipinski definition) is 2. The van der Waals surface area contributed by atoms with E-state index in [4.69, 9.17) is 19.3 Å². The first-order valence-electron chi connectivity index (χ1n) is 11.2.